The molecule has 0 fully saturated rings. The highest BCUT2D eigenvalue weighted by molar-refractivity contribution is 6.30. The van der Waals surface area contributed by atoms with E-state index in [1.807, 2.05) is 0 Å². The largest absolute Gasteiger partial charge is 0.383 e. The lowest BCUT2D eigenvalue weighted by molar-refractivity contribution is 0.0963. The predicted molar refractivity (Wildman–Crippen MR) is 70.2 cm³/mol. The lowest BCUT2D eigenvalue weighted by atomic mass is 10.3. The van der Waals surface area contributed by atoms with Crippen LogP contribution >= 0.6 is 11.6 Å². The molecule has 1 aromatic carbocycles. The van der Waals surface area contributed by atoms with Crippen LogP contribution in [0.15, 0.2) is 30.5 Å². The molecule has 0 radical (unpaired) electrons. The summed E-state index contributed by atoms with van der Waals surface area (Å²) in [6, 6.07) is 6.92. The van der Waals surface area contributed by atoms with Crippen molar-refractivity contribution in [1.82, 2.24) is 15.2 Å². The lowest BCUT2D eigenvalue weighted by Gasteiger charge is -2.07. The minimum Gasteiger partial charge on any atom is -0.383 e. The third-order valence-corrected chi connectivity index (χ3v) is 2.65. The molecule has 6 nitrogen and oxygen atoms in total. The molecule has 0 atom stereocenters. The average Bonchev–Trinajstić information content (AvgIpc) is 2.69. The smallest absolute Gasteiger partial charge is 0.274 e. The molecule has 94 valence electrons. The number of nitrogens with one attached hydrogen (secondary N) is 2. The minimum atomic E-state index is -0.351. The Hall–Kier alpha value is -2.21. The fraction of sp³-hybridized carbons (Fsp3) is 0.0909. The van der Waals surface area contributed by atoms with Gasteiger partial charge in [-0.1, -0.05) is 11.6 Å². The molecule has 4 N–H and O–H groups in total. The van der Waals surface area contributed by atoms with Crippen LogP contribution in [-0.2, 0) is 7.05 Å². The van der Waals surface area contributed by atoms with E-state index in [0.29, 0.717) is 16.4 Å². The number of anilines is 2. The number of rotatable bonds is 3. The number of carbonyl (C=O) groups is 1. The molecular formula is C11H12ClN5O. The molecule has 0 aliphatic carbocycles. The van der Waals surface area contributed by atoms with Crippen molar-refractivity contribution in [3.8, 4) is 0 Å². The highest BCUT2D eigenvalue weighted by Gasteiger charge is 2.12. The topological polar surface area (TPSA) is 85.0 Å². The van der Waals surface area contributed by atoms with Gasteiger partial charge in [0.1, 0.15) is 11.4 Å². The third kappa shape index (κ3) is 2.54. The van der Waals surface area contributed by atoms with Crippen LogP contribution in [-0.4, -0.2) is 15.7 Å². The Labute approximate surface area is 109 Å². The first-order valence-corrected chi connectivity index (χ1v) is 5.55. The third-order valence-electron chi connectivity index (χ3n) is 2.39. The number of hydrazine groups is 1. The van der Waals surface area contributed by atoms with Crippen LogP contribution in [0.1, 0.15) is 10.4 Å². The van der Waals surface area contributed by atoms with E-state index in [9.17, 15) is 4.79 Å². The fourth-order valence-corrected chi connectivity index (χ4v) is 1.48. The summed E-state index contributed by atoms with van der Waals surface area (Å²) in [5, 5.41) is 4.52. The normalized spacial score (nSPS) is 10.1. The molecule has 7 heteroatoms. The van der Waals surface area contributed by atoms with Crippen molar-refractivity contribution in [3.05, 3.63) is 41.0 Å². The van der Waals surface area contributed by atoms with Gasteiger partial charge in [-0.15, -0.1) is 0 Å². The molecule has 18 heavy (non-hydrogen) atoms. The Kier molecular flexibility index (Phi) is 3.38. The van der Waals surface area contributed by atoms with E-state index in [1.54, 1.807) is 31.3 Å². The van der Waals surface area contributed by atoms with E-state index in [0.717, 1.165) is 5.69 Å². The number of nitrogen functional groups attached to an aromatic ring is 1. The highest BCUT2D eigenvalue weighted by atomic mass is 35.5. The molecule has 0 saturated carbocycles. The van der Waals surface area contributed by atoms with Crippen molar-refractivity contribution in [1.29, 1.82) is 0 Å². The summed E-state index contributed by atoms with van der Waals surface area (Å²) in [7, 11) is 1.67. The first-order valence-electron chi connectivity index (χ1n) is 5.17. The Balaban J connectivity index is 2.00. The van der Waals surface area contributed by atoms with Gasteiger partial charge in [-0.3, -0.25) is 20.3 Å². The number of aromatic nitrogens is 2. The summed E-state index contributed by atoms with van der Waals surface area (Å²) in [5.41, 5.74) is 12.0. The van der Waals surface area contributed by atoms with Gasteiger partial charge in [0.25, 0.3) is 5.91 Å². The first-order chi connectivity index (χ1) is 8.58. The zero-order valence-electron chi connectivity index (χ0n) is 9.64. The second-order valence-electron chi connectivity index (χ2n) is 3.65. The van der Waals surface area contributed by atoms with Gasteiger partial charge in [-0.2, -0.15) is 5.10 Å². The van der Waals surface area contributed by atoms with Crippen molar-refractivity contribution in [2.75, 3.05) is 11.2 Å². The number of amides is 1. The molecule has 1 amide bonds. The second-order valence-corrected chi connectivity index (χ2v) is 4.09. The van der Waals surface area contributed by atoms with Crippen LogP contribution in [0.5, 0.6) is 0 Å². The van der Waals surface area contributed by atoms with Crippen molar-refractivity contribution in [3.63, 3.8) is 0 Å². The van der Waals surface area contributed by atoms with E-state index in [1.165, 1.54) is 10.9 Å². The Morgan fingerprint density at radius 1 is 1.39 bits per heavy atom. The van der Waals surface area contributed by atoms with E-state index in [4.69, 9.17) is 17.3 Å². The van der Waals surface area contributed by atoms with Gasteiger partial charge >= 0.3 is 0 Å². The van der Waals surface area contributed by atoms with Gasteiger partial charge in [0.2, 0.25) is 0 Å². The van der Waals surface area contributed by atoms with Crippen LogP contribution in [0.2, 0.25) is 5.02 Å². The fourth-order valence-electron chi connectivity index (χ4n) is 1.35. The van der Waals surface area contributed by atoms with Crippen LogP contribution in [0.3, 0.4) is 0 Å². The van der Waals surface area contributed by atoms with Crippen molar-refractivity contribution in [2.45, 2.75) is 0 Å². The number of nitrogens with two attached hydrogens (primary N) is 1. The van der Waals surface area contributed by atoms with E-state index in [-0.39, 0.29) is 5.91 Å². The lowest BCUT2D eigenvalue weighted by Crippen LogP contribution is -2.29. The minimum absolute atomic E-state index is 0.311. The van der Waals surface area contributed by atoms with E-state index < -0.39 is 0 Å². The molecule has 0 aliphatic heterocycles. The maximum absolute atomic E-state index is 11.8. The van der Waals surface area contributed by atoms with Crippen molar-refractivity contribution < 1.29 is 4.79 Å². The molecule has 0 bridgehead atoms. The summed E-state index contributed by atoms with van der Waals surface area (Å²) in [5.74, 6) is -0.0408. The summed E-state index contributed by atoms with van der Waals surface area (Å²) in [6.07, 6.45) is 1.41. The van der Waals surface area contributed by atoms with Gasteiger partial charge < -0.3 is 5.73 Å². The number of hydrogen-bond donors (Lipinski definition) is 3. The molecule has 0 spiro atoms. The number of aryl methyl sites for hydroxylation is 1. The second kappa shape index (κ2) is 4.97. The monoisotopic (exact) mass is 265 g/mol. The van der Waals surface area contributed by atoms with Crippen LogP contribution in [0.25, 0.3) is 0 Å². The maximum atomic E-state index is 11.8. The van der Waals surface area contributed by atoms with Crippen molar-refractivity contribution in [2.24, 2.45) is 7.05 Å². The Morgan fingerprint density at radius 2 is 2.06 bits per heavy atom. The first kappa shape index (κ1) is 12.3. The van der Waals surface area contributed by atoms with Gasteiger partial charge in [0.15, 0.2) is 0 Å². The van der Waals surface area contributed by atoms with Crippen molar-refractivity contribution >= 4 is 29.0 Å². The molecule has 1 heterocycles. The van der Waals surface area contributed by atoms with Gasteiger partial charge in [-0.25, -0.2) is 0 Å². The van der Waals surface area contributed by atoms with E-state index in [2.05, 4.69) is 16.0 Å². The summed E-state index contributed by atoms with van der Waals surface area (Å²) < 4.78 is 1.43. The summed E-state index contributed by atoms with van der Waals surface area (Å²) >= 11 is 5.75. The zero-order valence-corrected chi connectivity index (χ0v) is 10.4. The van der Waals surface area contributed by atoms with Gasteiger partial charge in [-0.05, 0) is 24.3 Å². The molecule has 0 unspecified atom stereocenters. The van der Waals surface area contributed by atoms with Crippen LogP contribution in [0.4, 0.5) is 11.5 Å². The van der Waals surface area contributed by atoms with Gasteiger partial charge in [0, 0.05) is 12.1 Å². The summed E-state index contributed by atoms with van der Waals surface area (Å²) in [6.45, 7) is 0. The standard InChI is InChI=1S/C11H12ClN5O/c1-17-10(13)9(6-14-17)11(18)16-15-8-4-2-7(12)3-5-8/h2-6,15H,13H2,1H3,(H,16,18). The zero-order chi connectivity index (χ0) is 13.1. The molecule has 1 aromatic heterocycles. The number of benzene rings is 1. The average molecular weight is 266 g/mol. The molecular weight excluding hydrogens is 254 g/mol. The number of halogens is 1. The predicted octanol–water partition coefficient (Wildman–Crippen LogP) is 1.41. The summed E-state index contributed by atoms with van der Waals surface area (Å²) in [4.78, 5) is 11.8. The van der Waals surface area contributed by atoms with E-state index >= 15 is 0 Å². The quantitative estimate of drug-likeness (QED) is 0.733. The molecule has 0 aliphatic rings. The SMILES string of the molecule is Cn1ncc(C(=O)NNc2ccc(Cl)cc2)c1N. The number of hydrogen-bond acceptors (Lipinski definition) is 4. The maximum Gasteiger partial charge on any atom is 0.274 e. The molecule has 2 rings (SSSR count). The number of carbonyl (C=O) groups excluding carboxylic acids is 1. The molecule has 0 saturated heterocycles. The number of nitrogens with zero attached hydrogens (tertiary/aromatic N) is 2. The highest BCUT2D eigenvalue weighted by Crippen LogP contribution is 2.13. The van der Waals surface area contributed by atoms with Gasteiger partial charge in [0.05, 0.1) is 11.9 Å². The Bertz CT molecular complexity index is 563. The molecule has 2 aromatic rings. The van der Waals surface area contributed by atoms with Crippen LogP contribution < -0.4 is 16.6 Å². The van der Waals surface area contributed by atoms with Crippen LogP contribution in [0, 0.1) is 0 Å². The Morgan fingerprint density at radius 3 is 2.61 bits per heavy atom.